The van der Waals surface area contributed by atoms with E-state index in [2.05, 4.69) is 27.7 Å². The van der Waals surface area contributed by atoms with Gasteiger partial charge in [-0.3, -0.25) is 0 Å². The van der Waals surface area contributed by atoms with E-state index < -0.39 is 0 Å². The molecule has 156 valence electrons. The first-order valence-electron chi connectivity index (χ1n) is 10.1. The van der Waals surface area contributed by atoms with Crippen molar-refractivity contribution in [1.29, 1.82) is 0 Å². The summed E-state index contributed by atoms with van der Waals surface area (Å²) in [6.07, 6.45) is 1.10. The molecule has 3 N–H and O–H groups in total. The van der Waals surface area contributed by atoms with Crippen molar-refractivity contribution in [2.45, 2.75) is 6.42 Å². The zero-order valence-corrected chi connectivity index (χ0v) is 18.1. The van der Waals surface area contributed by atoms with Crippen LogP contribution in [0.1, 0.15) is 6.42 Å². The molecule has 0 amide bonds. The Bertz CT molecular complexity index is 759. The standard InChI is InChI=1S/C22H30N4O2S/c1-27-20-8-4-18(5-9-20)24-22(29)23-12-3-13-25-14-16-26(17-15-25)19-6-10-21(28-2)11-7-19/h4-11H,3,12-17H2,1-2H3,(H2,23,24,29)/p+1. The van der Waals surface area contributed by atoms with E-state index in [1.165, 1.54) is 18.8 Å². The van der Waals surface area contributed by atoms with Crippen molar-refractivity contribution in [3.8, 4) is 11.5 Å². The van der Waals surface area contributed by atoms with E-state index in [0.717, 1.165) is 49.8 Å². The number of methoxy groups -OCH3 is 2. The van der Waals surface area contributed by atoms with Gasteiger partial charge in [-0.05, 0) is 60.7 Å². The van der Waals surface area contributed by atoms with E-state index in [1.54, 1.807) is 19.1 Å². The van der Waals surface area contributed by atoms with Gasteiger partial charge < -0.3 is 29.9 Å². The van der Waals surface area contributed by atoms with Crippen molar-refractivity contribution in [2.24, 2.45) is 0 Å². The second-order valence-corrected chi connectivity index (χ2v) is 7.56. The van der Waals surface area contributed by atoms with Gasteiger partial charge in [0.05, 0.1) is 46.9 Å². The maximum absolute atomic E-state index is 5.38. The Balaban J connectivity index is 1.30. The number of nitrogens with one attached hydrogen (secondary N) is 3. The molecule has 0 saturated carbocycles. The molecule has 0 spiro atoms. The van der Waals surface area contributed by atoms with Crippen molar-refractivity contribution in [1.82, 2.24) is 5.32 Å². The molecule has 3 rings (SSSR count). The van der Waals surface area contributed by atoms with Gasteiger partial charge in [-0.15, -0.1) is 0 Å². The van der Waals surface area contributed by atoms with Crippen LogP contribution in [0, 0.1) is 0 Å². The minimum atomic E-state index is 0.662. The van der Waals surface area contributed by atoms with Crippen molar-refractivity contribution >= 4 is 28.7 Å². The summed E-state index contributed by atoms with van der Waals surface area (Å²) < 4.78 is 10.4. The number of piperazine rings is 1. The molecule has 2 aromatic carbocycles. The first-order chi connectivity index (χ1) is 14.2. The van der Waals surface area contributed by atoms with Gasteiger partial charge in [0.25, 0.3) is 0 Å². The van der Waals surface area contributed by atoms with Crippen LogP contribution in [0.15, 0.2) is 48.5 Å². The van der Waals surface area contributed by atoms with Gasteiger partial charge >= 0.3 is 0 Å². The molecule has 0 radical (unpaired) electrons. The molecular weight excluding hydrogens is 384 g/mol. The van der Waals surface area contributed by atoms with Gasteiger partial charge in [0.1, 0.15) is 11.5 Å². The molecular formula is C22H31N4O2S+. The minimum Gasteiger partial charge on any atom is -0.497 e. The summed E-state index contributed by atoms with van der Waals surface area (Å²) in [5.41, 5.74) is 2.24. The number of nitrogens with zero attached hydrogens (tertiary/aromatic N) is 1. The fraction of sp³-hybridized carbons (Fsp3) is 0.409. The highest BCUT2D eigenvalue weighted by Gasteiger charge is 2.19. The third kappa shape index (κ3) is 6.51. The summed E-state index contributed by atoms with van der Waals surface area (Å²) >= 11 is 5.38. The molecule has 29 heavy (non-hydrogen) atoms. The van der Waals surface area contributed by atoms with E-state index >= 15 is 0 Å². The van der Waals surface area contributed by atoms with E-state index in [0.29, 0.717) is 5.11 Å². The molecule has 1 heterocycles. The van der Waals surface area contributed by atoms with Gasteiger partial charge in [-0.1, -0.05) is 0 Å². The summed E-state index contributed by atoms with van der Waals surface area (Å²) in [5.74, 6) is 1.74. The largest absolute Gasteiger partial charge is 0.497 e. The number of hydrogen-bond acceptors (Lipinski definition) is 4. The number of quaternary nitrogens is 1. The average Bonchev–Trinajstić information content (AvgIpc) is 2.78. The zero-order chi connectivity index (χ0) is 20.5. The predicted octanol–water partition coefficient (Wildman–Crippen LogP) is 1.79. The SMILES string of the molecule is COc1ccc(NC(=S)NCCC[NH+]2CCN(c3ccc(OC)cc3)CC2)cc1. The third-order valence-electron chi connectivity index (χ3n) is 5.25. The molecule has 0 bridgehead atoms. The highest BCUT2D eigenvalue weighted by molar-refractivity contribution is 7.80. The number of anilines is 2. The van der Waals surface area contributed by atoms with E-state index in [4.69, 9.17) is 21.7 Å². The molecule has 0 aromatic heterocycles. The predicted molar refractivity (Wildman–Crippen MR) is 123 cm³/mol. The smallest absolute Gasteiger partial charge is 0.170 e. The summed E-state index contributed by atoms with van der Waals surface area (Å²) in [5, 5.41) is 7.17. The van der Waals surface area contributed by atoms with Crippen LogP contribution in [0.25, 0.3) is 0 Å². The van der Waals surface area contributed by atoms with Crippen LogP contribution < -0.4 is 29.9 Å². The van der Waals surface area contributed by atoms with Crippen LogP contribution in [-0.4, -0.2) is 58.6 Å². The highest BCUT2D eigenvalue weighted by atomic mass is 32.1. The Labute approximate surface area is 178 Å². The number of rotatable bonds is 8. The maximum atomic E-state index is 5.38. The molecule has 1 fully saturated rings. The summed E-state index contributed by atoms with van der Waals surface area (Å²) in [6.45, 7) is 6.56. The normalized spacial score (nSPS) is 14.3. The van der Waals surface area contributed by atoms with Crippen molar-refractivity contribution < 1.29 is 14.4 Å². The molecule has 2 aromatic rings. The van der Waals surface area contributed by atoms with Gasteiger partial charge in [-0.25, -0.2) is 0 Å². The van der Waals surface area contributed by atoms with Crippen molar-refractivity contribution in [2.75, 3.05) is 63.7 Å². The number of thiocarbonyl (C=S) groups is 1. The average molecular weight is 416 g/mol. The van der Waals surface area contributed by atoms with Gasteiger partial charge in [0.2, 0.25) is 0 Å². The van der Waals surface area contributed by atoms with Crippen LogP contribution in [-0.2, 0) is 0 Å². The van der Waals surface area contributed by atoms with Gasteiger partial charge in [-0.2, -0.15) is 0 Å². The molecule has 1 aliphatic heterocycles. The Morgan fingerprint density at radius 1 is 0.966 bits per heavy atom. The summed E-state index contributed by atoms with van der Waals surface area (Å²) in [4.78, 5) is 4.11. The van der Waals surface area contributed by atoms with Crippen molar-refractivity contribution in [3.63, 3.8) is 0 Å². The molecule has 7 heteroatoms. The molecule has 1 saturated heterocycles. The van der Waals surface area contributed by atoms with Crippen LogP contribution in [0.2, 0.25) is 0 Å². The molecule has 0 aliphatic carbocycles. The van der Waals surface area contributed by atoms with Gasteiger partial charge in [0, 0.05) is 24.3 Å². The third-order valence-corrected chi connectivity index (χ3v) is 5.50. The monoisotopic (exact) mass is 415 g/mol. The maximum Gasteiger partial charge on any atom is 0.170 e. The Kier molecular flexibility index (Phi) is 7.95. The van der Waals surface area contributed by atoms with Crippen LogP contribution in [0.4, 0.5) is 11.4 Å². The lowest BCUT2D eigenvalue weighted by atomic mass is 10.2. The fourth-order valence-corrected chi connectivity index (χ4v) is 3.73. The number of hydrogen-bond donors (Lipinski definition) is 3. The molecule has 0 atom stereocenters. The first-order valence-corrected chi connectivity index (χ1v) is 10.5. The second kappa shape index (κ2) is 10.9. The minimum absolute atomic E-state index is 0.662. The van der Waals surface area contributed by atoms with E-state index in [9.17, 15) is 0 Å². The summed E-state index contributed by atoms with van der Waals surface area (Å²) in [7, 11) is 3.36. The van der Waals surface area contributed by atoms with E-state index in [1.807, 2.05) is 36.4 Å². The quantitative estimate of drug-likeness (QED) is 0.452. The van der Waals surface area contributed by atoms with Crippen LogP contribution in [0.5, 0.6) is 11.5 Å². The number of benzene rings is 2. The lowest BCUT2D eigenvalue weighted by molar-refractivity contribution is -0.900. The first kappa shape index (κ1) is 21.2. The number of ether oxygens (including phenoxy) is 2. The highest BCUT2D eigenvalue weighted by Crippen LogP contribution is 2.19. The molecule has 0 unspecified atom stereocenters. The fourth-order valence-electron chi connectivity index (χ4n) is 3.51. The Morgan fingerprint density at radius 3 is 2.14 bits per heavy atom. The van der Waals surface area contributed by atoms with Crippen molar-refractivity contribution in [3.05, 3.63) is 48.5 Å². The molecule has 6 nitrogen and oxygen atoms in total. The van der Waals surface area contributed by atoms with Gasteiger partial charge in [0.15, 0.2) is 5.11 Å². The van der Waals surface area contributed by atoms with Crippen LogP contribution >= 0.6 is 12.2 Å². The summed E-state index contributed by atoms with van der Waals surface area (Å²) in [6, 6.07) is 16.1. The Morgan fingerprint density at radius 2 is 1.55 bits per heavy atom. The lowest BCUT2D eigenvalue weighted by Gasteiger charge is -2.33. The van der Waals surface area contributed by atoms with Crippen LogP contribution in [0.3, 0.4) is 0 Å². The second-order valence-electron chi connectivity index (χ2n) is 7.15. The molecule has 1 aliphatic rings. The van der Waals surface area contributed by atoms with E-state index in [-0.39, 0.29) is 0 Å². The lowest BCUT2D eigenvalue weighted by Crippen LogP contribution is -3.15. The Hall–Kier alpha value is -2.51. The topological polar surface area (TPSA) is 50.2 Å². The zero-order valence-electron chi connectivity index (χ0n) is 17.2.